The molecule has 0 spiro atoms. The number of amides is 1. The first-order chi connectivity index (χ1) is 13.0. The van der Waals surface area contributed by atoms with Crippen LogP contribution in [0.1, 0.15) is 23.2 Å². The van der Waals surface area contributed by atoms with Gasteiger partial charge in [0.05, 0.1) is 6.20 Å². The van der Waals surface area contributed by atoms with Gasteiger partial charge in [-0.05, 0) is 42.5 Å². The largest absolute Gasteiger partial charge is 0.352 e. The van der Waals surface area contributed by atoms with E-state index in [1.807, 2.05) is 0 Å². The normalized spacial score (nSPS) is 11.3. The first-order valence-corrected chi connectivity index (χ1v) is 10.7. The van der Waals surface area contributed by atoms with Crippen LogP contribution >= 0.6 is 11.3 Å². The van der Waals surface area contributed by atoms with Gasteiger partial charge < -0.3 is 5.32 Å². The summed E-state index contributed by atoms with van der Waals surface area (Å²) in [6.07, 6.45) is 5.09. The average molecular weight is 406 g/mol. The number of hydrogen-bond acceptors (Lipinski definition) is 6. The summed E-state index contributed by atoms with van der Waals surface area (Å²) in [5, 5.41) is 12.1. The molecule has 2 N–H and O–H groups in total. The number of unbranched alkanes of at least 4 members (excludes halogenated alkanes) is 1. The number of rotatable bonds is 9. The molecule has 0 saturated heterocycles. The van der Waals surface area contributed by atoms with Gasteiger partial charge in [-0.2, -0.15) is 0 Å². The highest BCUT2D eigenvalue weighted by Gasteiger charge is 2.16. The summed E-state index contributed by atoms with van der Waals surface area (Å²) in [6, 6.07) is 9.63. The van der Waals surface area contributed by atoms with E-state index >= 15 is 0 Å². The van der Waals surface area contributed by atoms with E-state index in [2.05, 4.69) is 20.4 Å². The minimum Gasteiger partial charge on any atom is -0.352 e. The minimum absolute atomic E-state index is 0.227. The number of hydrogen-bond donors (Lipinski definition) is 2. The lowest BCUT2D eigenvalue weighted by Crippen LogP contribution is -2.24. The highest BCUT2D eigenvalue weighted by Crippen LogP contribution is 2.20. The molecule has 0 atom stereocenters. The molecule has 2 heterocycles. The number of nitrogens with zero attached hydrogens (tertiary/aromatic N) is 3. The Morgan fingerprint density at radius 2 is 2.07 bits per heavy atom. The van der Waals surface area contributed by atoms with E-state index in [1.54, 1.807) is 46.7 Å². The minimum atomic E-state index is -3.63. The summed E-state index contributed by atoms with van der Waals surface area (Å²) in [4.78, 5) is 12.3. The number of carbonyl (C=O) groups excluding carboxylic acids is 1. The van der Waals surface area contributed by atoms with Crippen molar-refractivity contribution in [2.24, 2.45) is 0 Å². The van der Waals surface area contributed by atoms with E-state index in [0.717, 1.165) is 30.7 Å². The number of nitrogens with one attached hydrogen (secondary N) is 2. The van der Waals surface area contributed by atoms with Crippen LogP contribution in [-0.4, -0.2) is 35.9 Å². The van der Waals surface area contributed by atoms with Gasteiger partial charge in [0.2, 0.25) is 0 Å². The molecule has 0 aliphatic heterocycles. The van der Waals surface area contributed by atoms with Gasteiger partial charge in [-0.25, -0.2) is 8.42 Å². The zero-order valence-electron chi connectivity index (χ0n) is 14.4. The number of anilines is 1. The van der Waals surface area contributed by atoms with Gasteiger partial charge in [-0.15, -0.1) is 16.4 Å². The zero-order valence-corrected chi connectivity index (χ0v) is 16.0. The molecule has 0 aliphatic carbocycles. The molecule has 142 valence electrons. The Kier molecular flexibility index (Phi) is 6.20. The number of thiophene rings is 1. The van der Waals surface area contributed by atoms with Crippen LogP contribution in [0.15, 0.2) is 58.4 Å². The number of sulfonamides is 1. The second-order valence-corrected chi connectivity index (χ2v) is 8.60. The maximum absolute atomic E-state index is 12.3. The van der Waals surface area contributed by atoms with E-state index in [-0.39, 0.29) is 10.1 Å². The van der Waals surface area contributed by atoms with E-state index in [4.69, 9.17) is 0 Å². The lowest BCUT2D eigenvalue weighted by Gasteiger charge is -2.09. The Morgan fingerprint density at radius 1 is 1.19 bits per heavy atom. The summed E-state index contributed by atoms with van der Waals surface area (Å²) in [5.74, 6) is -0.243. The maximum Gasteiger partial charge on any atom is 0.271 e. The Labute approximate surface area is 161 Å². The van der Waals surface area contributed by atoms with Gasteiger partial charge in [0.25, 0.3) is 15.9 Å². The van der Waals surface area contributed by atoms with Crippen molar-refractivity contribution in [3.8, 4) is 0 Å². The van der Waals surface area contributed by atoms with Gasteiger partial charge in [0.15, 0.2) is 0 Å². The monoisotopic (exact) mass is 405 g/mol. The van der Waals surface area contributed by atoms with Crippen molar-refractivity contribution in [3.05, 3.63) is 59.7 Å². The Morgan fingerprint density at radius 3 is 2.81 bits per heavy atom. The predicted octanol–water partition coefficient (Wildman–Crippen LogP) is 2.35. The molecule has 10 heteroatoms. The van der Waals surface area contributed by atoms with Gasteiger partial charge in [0, 0.05) is 30.5 Å². The fourth-order valence-corrected chi connectivity index (χ4v) is 4.44. The molecule has 3 aromatic rings. The summed E-state index contributed by atoms with van der Waals surface area (Å²) in [6.45, 7) is 1.27. The number of aromatic nitrogens is 3. The predicted molar refractivity (Wildman–Crippen MR) is 103 cm³/mol. The molecule has 0 aliphatic rings. The van der Waals surface area contributed by atoms with Gasteiger partial charge in [-0.3, -0.25) is 14.2 Å². The van der Waals surface area contributed by atoms with Crippen LogP contribution in [0.4, 0.5) is 5.69 Å². The Bertz CT molecular complexity index is 970. The first-order valence-electron chi connectivity index (χ1n) is 8.33. The number of aryl methyl sites for hydroxylation is 1. The van der Waals surface area contributed by atoms with Crippen LogP contribution in [0, 0.1) is 0 Å². The van der Waals surface area contributed by atoms with Crippen LogP contribution in [-0.2, 0) is 16.6 Å². The maximum atomic E-state index is 12.3. The standard InChI is InChI=1S/C17H19N5O3S2/c23-17(18-8-1-2-10-22-11-9-19-21-22)14-5-3-6-15(13-14)20-27(24,25)16-7-4-12-26-16/h3-7,9,11-13,20H,1-2,8,10H2,(H,18,23). The third-order valence-corrected chi connectivity index (χ3v) is 6.49. The third kappa shape index (κ3) is 5.38. The molecule has 2 aromatic heterocycles. The van der Waals surface area contributed by atoms with Crippen molar-refractivity contribution in [1.29, 1.82) is 0 Å². The molecular weight excluding hydrogens is 386 g/mol. The Balaban J connectivity index is 1.51. The molecule has 0 bridgehead atoms. The van der Waals surface area contributed by atoms with E-state index in [0.29, 0.717) is 17.8 Å². The molecular formula is C17H19N5O3S2. The smallest absolute Gasteiger partial charge is 0.271 e. The average Bonchev–Trinajstić information content (AvgIpc) is 3.35. The van der Waals surface area contributed by atoms with Crippen molar-refractivity contribution >= 4 is 33.0 Å². The first kappa shape index (κ1) is 19.1. The lowest BCUT2D eigenvalue weighted by atomic mass is 10.2. The van der Waals surface area contributed by atoms with Crippen LogP contribution in [0.3, 0.4) is 0 Å². The molecule has 3 rings (SSSR count). The van der Waals surface area contributed by atoms with Crippen LogP contribution in [0.25, 0.3) is 0 Å². The van der Waals surface area contributed by atoms with Crippen molar-refractivity contribution in [3.63, 3.8) is 0 Å². The second kappa shape index (κ2) is 8.78. The van der Waals surface area contributed by atoms with E-state index in [1.165, 1.54) is 12.1 Å². The molecule has 1 amide bonds. The summed E-state index contributed by atoms with van der Waals surface area (Å²) >= 11 is 1.13. The second-order valence-electron chi connectivity index (χ2n) is 5.75. The van der Waals surface area contributed by atoms with E-state index in [9.17, 15) is 13.2 Å². The highest BCUT2D eigenvalue weighted by molar-refractivity contribution is 7.94. The molecule has 27 heavy (non-hydrogen) atoms. The summed E-state index contributed by atoms with van der Waals surface area (Å²) in [7, 11) is -3.63. The van der Waals surface area contributed by atoms with Crippen molar-refractivity contribution < 1.29 is 13.2 Å². The molecule has 1 aromatic carbocycles. The van der Waals surface area contributed by atoms with Crippen LogP contribution < -0.4 is 10.0 Å². The summed E-state index contributed by atoms with van der Waals surface area (Å²) in [5.41, 5.74) is 0.750. The Hall–Kier alpha value is -2.72. The van der Waals surface area contributed by atoms with Gasteiger partial charge in [-0.1, -0.05) is 17.3 Å². The molecule has 8 nitrogen and oxygen atoms in total. The molecule has 0 saturated carbocycles. The molecule has 0 unspecified atom stereocenters. The van der Waals surface area contributed by atoms with Crippen molar-refractivity contribution in [2.75, 3.05) is 11.3 Å². The van der Waals surface area contributed by atoms with E-state index < -0.39 is 10.0 Å². The molecule has 0 fully saturated rings. The van der Waals surface area contributed by atoms with Crippen molar-refractivity contribution in [2.45, 2.75) is 23.6 Å². The zero-order chi connectivity index (χ0) is 19.1. The third-order valence-electron chi connectivity index (χ3n) is 3.71. The highest BCUT2D eigenvalue weighted by atomic mass is 32.2. The quantitative estimate of drug-likeness (QED) is 0.532. The molecule has 0 radical (unpaired) electrons. The van der Waals surface area contributed by atoms with Crippen LogP contribution in [0.5, 0.6) is 0 Å². The fourth-order valence-electron chi connectivity index (χ4n) is 2.40. The summed E-state index contributed by atoms with van der Waals surface area (Å²) < 4.78 is 29.0. The van der Waals surface area contributed by atoms with Crippen molar-refractivity contribution in [1.82, 2.24) is 20.3 Å². The number of benzene rings is 1. The van der Waals surface area contributed by atoms with Gasteiger partial charge >= 0.3 is 0 Å². The van der Waals surface area contributed by atoms with Gasteiger partial charge in [0.1, 0.15) is 4.21 Å². The fraction of sp³-hybridized carbons (Fsp3) is 0.235. The topological polar surface area (TPSA) is 106 Å². The lowest BCUT2D eigenvalue weighted by molar-refractivity contribution is 0.0953. The van der Waals surface area contributed by atoms with Crippen LogP contribution in [0.2, 0.25) is 0 Å². The SMILES string of the molecule is O=C(NCCCCn1ccnn1)c1cccc(NS(=O)(=O)c2cccs2)c1. The number of carbonyl (C=O) groups is 1.